The Hall–Kier alpha value is -2.84. The minimum Gasteiger partial charge on any atom is -0.364 e. The molecule has 4 N–H and O–H groups in total. The summed E-state index contributed by atoms with van der Waals surface area (Å²) in [4.78, 5) is 19.5. The molecule has 0 radical (unpaired) electrons. The average molecular weight is 372 g/mol. The molecule has 0 aliphatic carbocycles. The number of aromatic amines is 1. The molecule has 3 aromatic rings. The number of rotatable bonds is 4. The van der Waals surface area contributed by atoms with Crippen molar-refractivity contribution in [2.75, 3.05) is 11.9 Å². The summed E-state index contributed by atoms with van der Waals surface area (Å²) in [5.41, 5.74) is 7.66. The van der Waals surface area contributed by atoms with Crippen LogP contribution in [0.5, 0.6) is 0 Å². The zero-order valence-corrected chi connectivity index (χ0v) is 14.3. The van der Waals surface area contributed by atoms with Crippen molar-refractivity contribution in [3.8, 4) is 11.4 Å². The van der Waals surface area contributed by atoms with Gasteiger partial charge < -0.3 is 20.8 Å². The highest BCUT2D eigenvalue weighted by molar-refractivity contribution is 5.94. The van der Waals surface area contributed by atoms with E-state index in [1.54, 1.807) is 24.3 Å². The van der Waals surface area contributed by atoms with Crippen molar-refractivity contribution in [3.05, 3.63) is 48.0 Å². The number of anilines is 1. The molecule has 0 saturated carbocycles. The summed E-state index contributed by atoms with van der Waals surface area (Å²) in [6.45, 7) is 0.407. The number of aromatic nitrogens is 2. The molecule has 1 aliphatic heterocycles. The minimum absolute atomic E-state index is 0.0640. The largest absolute Gasteiger partial charge is 0.364 e. The van der Waals surface area contributed by atoms with Gasteiger partial charge in [-0.05, 0) is 37.1 Å². The van der Waals surface area contributed by atoms with Gasteiger partial charge in [0, 0.05) is 29.9 Å². The van der Waals surface area contributed by atoms with Gasteiger partial charge in [-0.3, -0.25) is 4.79 Å². The number of H-pyrrole nitrogens is 1. The number of carbonyl (C=O) groups is 1. The lowest BCUT2D eigenvalue weighted by atomic mass is 10.1. The highest BCUT2D eigenvalue weighted by Gasteiger charge is 2.29. The molecule has 0 bridgehead atoms. The molecule has 0 spiro atoms. The van der Waals surface area contributed by atoms with Crippen LogP contribution in [0.3, 0.4) is 0 Å². The molecular weight excluding hydrogens is 354 g/mol. The molecular formula is C19H18F2N4O2. The molecule has 27 heavy (non-hydrogen) atoms. The first-order valence-electron chi connectivity index (χ1n) is 8.65. The Bertz CT molecular complexity index is 948. The summed E-state index contributed by atoms with van der Waals surface area (Å²) in [5, 5.41) is 2.81. The number of nitrogens with zero attached hydrogens (tertiary/aromatic N) is 1. The van der Waals surface area contributed by atoms with Crippen LogP contribution in [0.25, 0.3) is 22.4 Å². The van der Waals surface area contributed by atoms with Crippen molar-refractivity contribution >= 4 is 22.6 Å². The molecule has 0 unspecified atom stereocenters. The van der Waals surface area contributed by atoms with Crippen LogP contribution in [-0.2, 0) is 9.53 Å². The Morgan fingerprint density at radius 3 is 2.67 bits per heavy atom. The van der Waals surface area contributed by atoms with E-state index >= 15 is 0 Å². The number of benzene rings is 2. The Morgan fingerprint density at radius 1 is 1.22 bits per heavy atom. The van der Waals surface area contributed by atoms with Crippen LogP contribution < -0.4 is 11.1 Å². The Balaban J connectivity index is 1.48. The lowest BCUT2D eigenvalue weighted by molar-refractivity contribution is -0.126. The molecule has 1 fully saturated rings. The molecule has 2 atom stereocenters. The lowest BCUT2D eigenvalue weighted by Gasteiger charge is -2.12. The minimum atomic E-state index is -0.940. The van der Waals surface area contributed by atoms with E-state index < -0.39 is 17.7 Å². The first-order valence-corrected chi connectivity index (χ1v) is 8.65. The summed E-state index contributed by atoms with van der Waals surface area (Å²) in [5.74, 6) is -1.59. The number of imidazole rings is 1. The molecule has 140 valence electrons. The second-order valence-electron chi connectivity index (χ2n) is 6.50. The van der Waals surface area contributed by atoms with Crippen molar-refractivity contribution in [3.63, 3.8) is 0 Å². The number of ether oxygens (including phenoxy) is 1. The quantitative estimate of drug-likeness (QED) is 0.656. The van der Waals surface area contributed by atoms with E-state index in [0.717, 1.165) is 24.1 Å². The zero-order valence-electron chi connectivity index (χ0n) is 14.3. The Morgan fingerprint density at radius 2 is 1.96 bits per heavy atom. The van der Waals surface area contributed by atoms with Crippen LogP contribution >= 0.6 is 0 Å². The molecule has 8 heteroatoms. The van der Waals surface area contributed by atoms with Crippen molar-refractivity contribution in [2.24, 2.45) is 5.73 Å². The molecule has 1 saturated heterocycles. The van der Waals surface area contributed by atoms with Crippen LogP contribution in [0.2, 0.25) is 0 Å². The van der Waals surface area contributed by atoms with Gasteiger partial charge in [0.25, 0.3) is 5.91 Å². The predicted molar refractivity (Wildman–Crippen MR) is 97.0 cm³/mol. The Kier molecular flexibility index (Phi) is 4.59. The zero-order chi connectivity index (χ0) is 19.0. The van der Waals surface area contributed by atoms with Gasteiger partial charge in [-0.25, -0.2) is 13.8 Å². The van der Waals surface area contributed by atoms with Crippen molar-refractivity contribution < 1.29 is 18.3 Å². The lowest BCUT2D eigenvalue weighted by Crippen LogP contribution is -2.29. The third kappa shape index (κ3) is 3.54. The number of nitrogens with one attached hydrogen (secondary N) is 2. The maximum atomic E-state index is 13.3. The first-order chi connectivity index (χ1) is 13.0. The second kappa shape index (κ2) is 7.05. The number of hydrogen-bond donors (Lipinski definition) is 3. The van der Waals surface area contributed by atoms with Crippen molar-refractivity contribution in [1.29, 1.82) is 0 Å². The molecule has 1 aromatic heterocycles. The summed E-state index contributed by atoms with van der Waals surface area (Å²) in [6, 6.07) is 9.12. The molecule has 2 aromatic carbocycles. The fourth-order valence-electron chi connectivity index (χ4n) is 3.15. The van der Waals surface area contributed by atoms with Crippen molar-refractivity contribution in [2.45, 2.75) is 25.0 Å². The highest BCUT2D eigenvalue weighted by Crippen LogP contribution is 2.25. The third-order valence-electron chi connectivity index (χ3n) is 4.61. The van der Waals surface area contributed by atoms with E-state index in [0.29, 0.717) is 35.5 Å². The van der Waals surface area contributed by atoms with E-state index in [9.17, 15) is 13.6 Å². The summed E-state index contributed by atoms with van der Waals surface area (Å²) in [7, 11) is 0. The molecule has 1 amide bonds. The van der Waals surface area contributed by atoms with Gasteiger partial charge in [0.15, 0.2) is 11.6 Å². The van der Waals surface area contributed by atoms with Gasteiger partial charge in [0.05, 0.1) is 17.1 Å². The number of amides is 1. The molecule has 1 aliphatic rings. The van der Waals surface area contributed by atoms with Gasteiger partial charge in [-0.15, -0.1) is 0 Å². The number of hydrogen-bond acceptors (Lipinski definition) is 4. The summed E-state index contributed by atoms with van der Waals surface area (Å²) < 4.78 is 32.2. The van der Waals surface area contributed by atoms with E-state index in [2.05, 4.69) is 15.3 Å². The number of carbonyl (C=O) groups excluding carboxylic acids is 1. The molecule has 2 heterocycles. The molecule has 4 rings (SSSR count). The van der Waals surface area contributed by atoms with Gasteiger partial charge in [-0.1, -0.05) is 0 Å². The second-order valence-corrected chi connectivity index (χ2v) is 6.50. The van der Waals surface area contributed by atoms with Crippen LogP contribution in [0.1, 0.15) is 12.8 Å². The smallest absolute Gasteiger partial charge is 0.253 e. The van der Waals surface area contributed by atoms with E-state index in [-0.39, 0.29) is 12.0 Å². The van der Waals surface area contributed by atoms with E-state index in [1.165, 1.54) is 0 Å². The monoisotopic (exact) mass is 372 g/mol. The van der Waals surface area contributed by atoms with Crippen LogP contribution in [0.4, 0.5) is 14.5 Å². The fourth-order valence-corrected chi connectivity index (χ4v) is 3.15. The SMILES string of the molecule is NC[C@H]1CC[C@@H](C(=O)Nc2ccc(-c3nc4cc(F)c(F)cc4[nH]3)cc2)O1. The van der Waals surface area contributed by atoms with Crippen LogP contribution in [0.15, 0.2) is 36.4 Å². The van der Waals surface area contributed by atoms with E-state index in [4.69, 9.17) is 10.5 Å². The normalized spacial score (nSPS) is 19.5. The standard InChI is InChI=1S/C19H18F2N4O2/c20-13-7-15-16(8-14(13)21)25-18(24-15)10-1-3-11(4-2-10)23-19(26)17-6-5-12(9-22)27-17/h1-4,7-8,12,17H,5-6,9,22H2,(H,23,26)(H,24,25)/t12-,17+/m1/s1. The fraction of sp³-hybridized carbons (Fsp3) is 0.263. The predicted octanol–water partition coefficient (Wildman–Crippen LogP) is 2.95. The van der Waals surface area contributed by atoms with Crippen molar-refractivity contribution in [1.82, 2.24) is 9.97 Å². The highest BCUT2D eigenvalue weighted by atomic mass is 19.2. The first kappa shape index (κ1) is 17.6. The summed E-state index contributed by atoms with van der Waals surface area (Å²) in [6.07, 6.45) is 0.878. The maximum Gasteiger partial charge on any atom is 0.253 e. The number of nitrogens with two attached hydrogens (primary N) is 1. The van der Waals surface area contributed by atoms with Gasteiger partial charge in [-0.2, -0.15) is 0 Å². The molecule has 6 nitrogen and oxygen atoms in total. The summed E-state index contributed by atoms with van der Waals surface area (Å²) >= 11 is 0. The topological polar surface area (TPSA) is 93.0 Å². The average Bonchev–Trinajstić information content (AvgIpc) is 3.29. The Labute approximate surface area is 153 Å². The van der Waals surface area contributed by atoms with Gasteiger partial charge in [0.2, 0.25) is 0 Å². The number of halogens is 2. The maximum absolute atomic E-state index is 13.3. The van der Waals surface area contributed by atoms with Gasteiger partial charge in [0.1, 0.15) is 11.9 Å². The third-order valence-corrected chi connectivity index (χ3v) is 4.61. The number of fused-ring (bicyclic) bond motifs is 1. The van der Waals surface area contributed by atoms with Crippen LogP contribution in [-0.4, -0.2) is 34.6 Å². The van der Waals surface area contributed by atoms with Crippen LogP contribution in [0, 0.1) is 11.6 Å². The van der Waals surface area contributed by atoms with E-state index in [1.807, 2.05) is 0 Å². The van der Waals surface area contributed by atoms with Gasteiger partial charge >= 0.3 is 0 Å².